The van der Waals surface area contributed by atoms with E-state index in [1.807, 2.05) is 29.9 Å². The van der Waals surface area contributed by atoms with E-state index in [1.165, 1.54) is 23.5 Å². The molecule has 1 aromatic carbocycles. The standard InChI is InChI=1S/C15H16N4O2S2/c1-9-7-13(14-8-22-15(16)18-14)10(2)19(9)11-3-5-12(6-4-11)23(17,20)21/h3-8H,1-2H3,(H2,16,18)(H2,17,20,21). The van der Waals surface area contributed by atoms with Crippen molar-refractivity contribution in [3.8, 4) is 16.9 Å². The number of rotatable bonds is 3. The molecule has 3 rings (SSSR count). The summed E-state index contributed by atoms with van der Waals surface area (Å²) in [6.07, 6.45) is 0. The summed E-state index contributed by atoms with van der Waals surface area (Å²) in [6.45, 7) is 3.98. The molecule has 0 fully saturated rings. The maximum Gasteiger partial charge on any atom is 0.238 e. The van der Waals surface area contributed by atoms with Crippen molar-refractivity contribution in [2.45, 2.75) is 18.7 Å². The molecule has 120 valence electrons. The molecule has 3 aromatic rings. The lowest BCUT2D eigenvalue weighted by atomic mass is 10.2. The Bertz CT molecular complexity index is 970. The molecular weight excluding hydrogens is 332 g/mol. The number of nitrogens with two attached hydrogens (primary N) is 2. The molecule has 0 unspecified atom stereocenters. The Morgan fingerprint density at radius 1 is 1.17 bits per heavy atom. The van der Waals surface area contributed by atoms with E-state index in [0.717, 1.165) is 28.3 Å². The van der Waals surface area contributed by atoms with Crippen LogP contribution in [0.1, 0.15) is 11.4 Å². The molecule has 4 N–H and O–H groups in total. The van der Waals surface area contributed by atoms with Crippen LogP contribution < -0.4 is 10.9 Å². The van der Waals surface area contributed by atoms with E-state index in [1.54, 1.807) is 12.1 Å². The van der Waals surface area contributed by atoms with Gasteiger partial charge in [-0.25, -0.2) is 18.5 Å². The van der Waals surface area contributed by atoms with Gasteiger partial charge in [0.25, 0.3) is 0 Å². The van der Waals surface area contributed by atoms with Crippen LogP contribution in [0.5, 0.6) is 0 Å². The zero-order valence-electron chi connectivity index (χ0n) is 12.6. The van der Waals surface area contributed by atoms with Crippen molar-refractivity contribution in [1.82, 2.24) is 9.55 Å². The Kier molecular flexibility index (Phi) is 3.75. The second kappa shape index (κ2) is 5.48. The van der Waals surface area contributed by atoms with Gasteiger partial charge in [-0.3, -0.25) is 0 Å². The highest BCUT2D eigenvalue weighted by Gasteiger charge is 2.15. The van der Waals surface area contributed by atoms with Crippen molar-refractivity contribution in [2.75, 3.05) is 5.73 Å². The summed E-state index contributed by atoms with van der Waals surface area (Å²) in [6, 6.07) is 8.52. The van der Waals surface area contributed by atoms with Gasteiger partial charge >= 0.3 is 0 Å². The minimum atomic E-state index is -3.69. The summed E-state index contributed by atoms with van der Waals surface area (Å²) in [5.74, 6) is 0. The van der Waals surface area contributed by atoms with Crippen LogP contribution in [0.4, 0.5) is 5.13 Å². The number of nitrogen functional groups attached to an aromatic ring is 1. The molecule has 0 bridgehead atoms. The monoisotopic (exact) mass is 348 g/mol. The van der Waals surface area contributed by atoms with Crippen LogP contribution in [0.2, 0.25) is 0 Å². The van der Waals surface area contributed by atoms with Crippen LogP contribution in [0.15, 0.2) is 40.6 Å². The Morgan fingerprint density at radius 3 is 2.35 bits per heavy atom. The molecule has 6 nitrogen and oxygen atoms in total. The molecule has 0 saturated heterocycles. The first kappa shape index (κ1) is 15.7. The molecule has 0 aliphatic rings. The molecule has 2 heterocycles. The first-order chi connectivity index (χ1) is 10.8. The quantitative estimate of drug-likeness (QED) is 0.758. The third-order valence-corrected chi connectivity index (χ3v) is 5.26. The number of nitrogens with zero attached hydrogens (tertiary/aromatic N) is 2. The van der Waals surface area contributed by atoms with Crippen molar-refractivity contribution < 1.29 is 8.42 Å². The van der Waals surface area contributed by atoms with Crippen molar-refractivity contribution >= 4 is 26.5 Å². The van der Waals surface area contributed by atoms with Crippen molar-refractivity contribution in [1.29, 1.82) is 0 Å². The Morgan fingerprint density at radius 2 is 1.83 bits per heavy atom. The average Bonchev–Trinajstić information content (AvgIpc) is 3.02. The van der Waals surface area contributed by atoms with Gasteiger partial charge in [-0.15, -0.1) is 11.3 Å². The van der Waals surface area contributed by atoms with Crippen LogP contribution in [0.25, 0.3) is 16.9 Å². The van der Waals surface area contributed by atoms with Gasteiger partial charge in [0, 0.05) is 28.0 Å². The number of sulfonamides is 1. The predicted octanol–water partition coefficient (Wildman–Crippen LogP) is 2.45. The number of thiazole rings is 1. The Hall–Kier alpha value is -2.16. The molecular formula is C15H16N4O2S2. The summed E-state index contributed by atoms with van der Waals surface area (Å²) in [7, 11) is -3.69. The summed E-state index contributed by atoms with van der Waals surface area (Å²) in [4.78, 5) is 4.42. The van der Waals surface area contributed by atoms with Crippen LogP contribution in [-0.2, 0) is 10.0 Å². The number of hydrogen-bond donors (Lipinski definition) is 2. The summed E-state index contributed by atoms with van der Waals surface area (Å²) < 4.78 is 24.8. The molecule has 0 atom stereocenters. The van der Waals surface area contributed by atoms with Gasteiger partial charge < -0.3 is 10.3 Å². The minimum Gasteiger partial charge on any atom is -0.375 e. The van der Waals surface area contributed by atoms with Crippen molar-refractivity contribution in [2.24, 2.45) is 5.14 Å². The smallest absolute Gasteiger partial charge is 0.238 e. The number of anilines is 1. The maximum absolute atomic E-state index is 11.4. The third-order valence-electron chi connectivity index (χ3n) is 3.65. The van der Waals surface area contributed by atoms with E-state index in [-0.39, 0.29) is 4.90 Å². The van der Waals surface area contributed by atoms with E-state index < -0.39 is 10.0 Å². The topological polar surface area (TPSA) is 104 Å². The van der Waals surface area contributed by atoms with Gasteiger partial charge in [0.1, 0.15) is 0 Å². The SMILES string of the molecule is Cc1cc(-c2csc(N)n2)c(C)n1-c1ccc(S(N)(=O)=O)cc1. The Labute approximate surface area is 138 Å². The van der Waals surface area contributed by atoms with Gasteiger partial charge in [0.15, 0.2) is 5.13 Å². The Balaban J connectivity index is 2.09. The van der Waals surface area contributed by atoms with Crippen LogP contribution in [-0.4, -0.2) is 18.0 Å². The lowest BCUT2D eigenvalue weighted by Gasteiger charge is -2.10. The zero-order valence-corrected chi connectivity index (χ0v) is 14.3. The van der Waals surface area contributed by atoms with E-state index in [4.69, 9.17) is 10.9 Å². The molecule has 0 aliphatic carbocycles. The van der Waals surface area contributed by atoms with E-state index in [2.05, 4.69) is 4.98 Å². The van der Waals surface area contributed by atoms with E-state index in [0.29, 0.717) is 5.13 Å². The molecule has 0 radical (unpaired) electrons. The number of hydrogen-bond acceptors (Lipinski definition) is 5. The molecule has 23 heavy (non-hydrogen) atoms. The molecule has 8 heteroatoms. The molecule has 2 aromatic heterocycles. The minimum absolute atomic E-state index is 0.0937. The zero-order chi connectivity index (χ0) is 16.8. The fourth-order valence-corrected chi connectivity index (χ4v) is 3.69. The maximum atomic E-state index is 11.4. The normalized spacial score (nSPS) is 11.8. The number of primary sulfonamides is 1. The molecule has 0 spiro atoms. The summed E-state index contributed by atoms with van der Waals surface area (Å²) in [5.41, 5.74) is 10.5. The lowest BCUT2D eigenvalue weighted by Crippen LogP contribution is -2.12. The fraction of sp³-hybridized carbons (Fsp3) is 0.133. The summed E-state index contributed by atoms with van der Waals surface area (Å²) >= 11 is 1.40. The van der Waals surface area contributed by atoms with Crippen LogP contribution in [0, 0.1) is 13.8 Å². The average molecular weight is 348 g/mol. The van der Waals surface area contributed by atoms with E-state index >= 15 is 0 Å². The van der Waals surface area contributed by atoms with Crippen molar-refractivity contribution in [3.05, 3.63) is 47.1 Å². The second-order valence-electron chi connectivity index (χ2n) is 5.23. The second-order valence-corrected chi connectivity index (χ2v) is 7.68. The first-order valence-electron chi connectivity index (χ1n) is 6.81. The van der Waals surface area contributed by atoms with Crippen molar-refractivity contribution in [3.63, 3.8) is 0 Å². The van der Waals surface area contributed by atoms with Crippen LogP contribution in [0.3, 0.4) is 0 Å². The first-order valence-corrected chi connectivity index (χ1v) is 9.23. The highest BCUT2D eigenvalue weighted by Crippen LogP contribution is 2.31. The molecule has 0 aliphatic heterocycles. The van der Waals surface area contributed by atoms with Gasteiger partial charge in [-0.05, 0) is 44.2 Å². The third kappa shape index (κ3) is 2.88. The number of aromatic nitrogens is 2. The predicted molar refractivity (Wildman–Crippen MR) is 92.1 cm³/mol. The largest absolute Gasteiger partial charge is 0.375 e. The van der Waals surface area contributed by atoms with Gasteiger partial charge in [-0.1, -0.05) is 0 Å². The fourth-order valence-electron chi connectivity index (χ4n) is 2.62. The van der Waals surface area contributed by atoms with Gasteiger partial charge in [0.05, 0.1) is 10.6 Å². The molecule has 0 saturated carbocycles. The van der Waals surface area contributed by atoms with Gasteiger partial charge in [-0.2, -0.15) is 0 Å². The number of aryl methyl sites for hydroxylation is 1. The summed E-state index contributed by atoms with van der Waals surface area (Å²) in [5, 5.41) is 7.59. The highest BCUT2D eigenvalue weighted by atomic mass is 32.2. The van der Waals surface area contributed by atoms with Crippen LogP contribution >= 0.6 is 11.3 Å². The lowest BCUT2D eigenvalue weighted by molar-refractivity contribution is 0.598. The van der Waals surface area contributed by atoms with E-state index in [9.17, 15) is 8.42 Å². The number of benzene rings is 1. The molecule has 0 amide bonds. The van der Waals surface area contributed by atoms with Gasteiger partial charge in [0.2, 0.25) is 10.0 Å². The highest BCUT2D eigenvalue weighted by molar-refractivity contribution is 7.89.